The zero-order valence-corrected chi connectivity index (χ0v) is 73.8. The highest BCUT2D eigenvalue weighted by Crippen LogP contribution is 2.45. The van der Waals surface area contributed by atoms with Crippen LogP contribution in [0.25, 0.3) is 0 Å². The standard InChI is InChI=1S/C90H176O17P2/c1-8-10-11-12-13-50-57-64-71-87(92)100-77-85(106-89(94)73-67-60-53-46-40-34-28-22-24-30-36-42-48-55-62-69-82(5)6)79-104-108(96,97)102-75-84(91)76-103-109(98,99)105-80-86(78-101-88(93)72-65-58-51-44-38-32-26-20-16-14-18-23-29-35-41-47-54-61-68-81(3)4)107-90(95)74-66-59-52-45-39-33-27-21-17-15-19-25-31-37-43-49-56-63-70-83(7)9-2/h81-86,91H,8-80H2,1-7H3,(H,96,97)(H,98,99)/t83?,84-,85+,86+/m0/s1. The molecule has 0 aliphatic carbocycles. The molecule has 648 valence electrons. The van der Waals surface area contributed by atoms with Crippen molar-refractivity contribution >= 4 is 39.5 Å². The average Bonchev–Trinajstić information content (AvgIpc) is 0.898. The molecule has 3 N–H and O–H groups in total. The van der Waals surface area contributed by atoms with Gasteiger partial charge in [-0.15, -0.1) is 0 Å². The maximum Gasteiger partial charge on any atom is 0.472 e. The Labute approximate surface area is 670 Å². The van der Waals surface area contributed by atoms with Gasteiger partial charge >= 0.3 is 39.5 Å². The fourth-order valence-corrected chi connectivity index (χ4v) is 15.6. The van der Waals surface area contributed by atoms with Crippen LogP contribution >= 0.6 is 15.6 Å². The fourth-order valence-electron chi connectivity index (χ4n) is 14.0. The zero-order chi connectivity index (χ0) is 80.0. The molecule has 0 aromatic carbocycles. The SMILES string of the molecule is CCCCCCCCCCC(=O)OC[C@H](COP(=O)(O)OC[C@H](O)COP(=O)(O)OC[C@@H](COC(=O)CCCCCCCCCCCCCCCCCCCCC(C)C)OC(=O)CCCCCCCCCCCCCCCCCCCCC(C)CC)OC(=O)CCCCCCCCCCCCCCCCCC(C)C. The van der Waals surface area contributed by atoms with Crippen molar-refractivity contribution in [3.8, 4) is 0 Å². The Morgan fingerprint density at radius 3 is 0.697 bits per heavy atom. The molecule has 0 spiro atoms. The summed E-state index contributed by atoms with van der Waals surface area (Å²) in [5.41, 5.74) is 0. The zero-order valence-electron chi connectivity index (χ0n) is 72.0. The number of phosphoric acid groups is 2. The van der Waals surface area contributed by atoms with Crippen molar-refractivity contribution in [2.24, 2.45) is 17.8 Å². The molecular weight excluding hydrogens is 1410 g/mol. The van der Waals surface area contributed by atoms with E-state index in [4.69, 9.17) is 37.0 Å². The molecular formula is C90H176O17P2. The van der Waals surface area contributed by atoms with Crippen molar-refractivity contribution in [2.75, 3.05) is 39.6 Å². The van der Waals surface area contributed by atoms with Crippen LogP contribution < -0.4 is 0 Å². The van der Waals surface area contributed by atoms with Gasteiger partial charge in [0, 0.05) is 25.7 Å². The predicted molar refractivity (Wildman–Crippen MR) is 451 cm³/mol. The highest BCUT2D eigenvalue weighted by Gasteiger charge is 2.31. The summed E-state index contributed by atoms with van der Waals surface area (Å²) in [5.74, 6) is 0.395. The average molecular weight is 1590 g/mol. The highest BCUT2D eigenvalue weighted by atomic mass is 31.2. The van der Waals surface area contributed by atoms with Crippen LogP contribution in [0.2, 0.25) is 0 Å². The van der Waals surface area contributed by atoms with Crippen LogP contribution in [0, 0.1) is 17.8 Å². The predicted octanol–water partition coefficient (Wildman–Crippen LogP) is 27.6. The topological polar surface area (TPSA) is 237 Å². The molecule has 3 unspecified atom stereocenters. The minimum absolute atomic E-state index is 0.108. The molecule has 0 aromatic heterocycles. The number of rotatable bonds is 88. The fraction of sp³-hybridized carbons (Fsp3) is 0.956. The molecule has 17 nitrogen and oxygen atoms in total. The Morgan fingerprint density at radius 1 is 0.266 bits per heavy atom. The second kappa shape index (κ2) is 79.9. The quantitative estimate of drug-likeness (QED) is 0.0222. The van der Waals surface area contributed by atoms with Gasteiger partial charge in [0.05, 0.1) is 26.4 Å². The van der Waals surface area contributed by atoms with E-state index in [-0.39, 0.29) is 25.7 Å². The van der Waals surface area contributed by atoms with Gasteiger partial charge in [-0.05, 0) is 43.4 Å². The van der Waals surface area contributed by atoms with Gasteiger partial charge < -0.3 is 33.8 Å². The molecule has 109 heavy (non-hydrogen) atoms. The van der Waals surface area contributed by atoms with Gasteiger partial charge in [-0.25, -0.2) is 9.13 Å². The van der Waals surface area contributed by atoms with Gasteiger partial charge in [0.1, 0.15) is 19.3 Å². The van der Waals surface area contributed by atoms with Crippen LogP contribution in [-0.4, -0.2) is 96.7 Å². The van der Waals surface area contributed by atoms with Gasteiger partial charge in [0.15, 0.2) is 12.2 Å². The largest absolute Gasteiger partial charge is 0.472 e. The molecule has 0 fully saturated rings. The van der Waals surface area contributed by atoms with Gasteiger partial charge in [-0.3, -0.25) is 37.3 Å². The van der Waals surface area contributed by atoms with Gasteiger partial charge in [0.25, 0.3) is 0 Å². The van der Waals surface area contributed by atoms with E-state index >= 15 is 0 Å². The van der Waals surface area contributed by atoms with Crippen molar-refractivity contribution in [1.82, 2.24) is 0 Å². The molecule has 0 saturated carbocycles. The third kappa shape index (κ3) is 82.4. The summed E-state index contributed by atoms with van der Waals surface area (Å²) in [7, 11) is -9.93. The number of ether oxygens (including phenoxy) is 4. The van der Waals surface area contributed by atoms with Crippen molar-refractivity contribution < 1.29 is 80.2 Å². The first-order valence-electron chi connectivity index (χ1n) is 46.4. The minimum Gasteiger partial charge on any atom is -0.462 e. The highest BCUT2D eigenvalue weighted by molar-refractivity contribution is 7.47. The number of carbonyl (C=O) groups excluding carboxylic acids is 4. The molecule has 0 aliphatic rings. The molecule has 6 atom stereocenters. The molecule has 19 heteroatoms. The van der Waals surface area contributed by atoms with Crippen LogP contribution in [-0.2, 0) is 65.4 Å². The first-order chi connectivity index (χ1) is 52.8. The van der Waals surface area contributed by atoms with E-state index in [2.05, 4.69) is 48.5 Å². The number of unbranched alkanes of at least 4 members (excludes halogenated alkanes) is 55. The first kappa shape index (κ1) is 107. The van der Waals surface area contributed by atoms with Crippen molar-refractivity contribution in [3.05, 3.63) is 0 Å². The third-order valence-electron chi connectivity index (χ3n) is 21.5. The summed E-state index contributed by atoms with van der Waals surface area (Å²) in [6.45, 7) is 12.1. The Morgan fingerprint density at radius 2 is 0.468 bits per heavy atom. The summed E-state index contributed by atoms with van der Waals surface area (Å²) < 4.78 is 68.9. The van der Waals surface area contributed by atoms with E-state index in [1.807, 2.05) is 0 Å². The van der Waals surface area contributed by atoms with E-state index in [0.717, 1.165) is 114 Å². The van der Waals surface area contributed by atoms with Crippen molar-refractivity contribution in [2.45, 2.75) is 497 Å². The van der Waals surface area contributed by atoms with E-state index < -0.39 is 97.5 Å². The molecule has 0 aliphatic heterocycles. The lowest BCUT2D eigenvalue weighted by Gasteiger charge is -2.21. The number of hydrogen-bond donors (Lipinski definition) is 3. The summed E-state index contributed by atoms with van der Waals surface area (Å²) in [6, 6.07) is 0. The van der Waals surface area contributed by atoms with Crippen molar-refractivity contribution in [1.29, 1.82) is 0 Å². The molecule has 0 radical (unpaired) electrons. The van der Waals surface area contributed by atoms with E-state index in [1.54, 1.807) is 0 Å². The van der Waals surface area contributed by atoms with E-state index in [0.29, 0.717) is 25.7 Å². The van der Waals surface area contributed by atoms with Crippen LogP contribution in [0.15, 0.2) is 0 Å². The summed E-state index contributed by atoms with van der Waals surface area (Å²) in [6.07, 6.45) is 72.4. The number of aliphatic hydroxyl groups is 1. The van der Waals surface area contributed by atoms with Gasteiger partial charge in [-0.1, -0.05) is 427 Å². The Hall–Kier alpha value is -1.94. The third-order valence-corrected chi connectivity index (χ3v) is 23.4. The molecule has 0 rings (SSSR count). The first-order valence-corrected chi connectivity index (χ1v) is 49.4. The van der Waals surface area contributed by atoms with Crippen LogP contribution in [0.5, 0.6) is 0 Å². The normalized spacial score (nSPS) is 14.1. The van der Waals surface area contributed by atoms with E-state index in [1.165, 1.54) is 283 Å². The number of phosphoric ester groups is 2. The summed E-state index contributed by atoms with van der Waals surface area (Å²) in [4.78, 5) is 73.2. The molecule has 0 bridgehead atoms. The number of hydrogen-bond acceptors (Lipinski definition) is 15. The Bertz CT molecular complexity index is 2100. The van der Waals surface area contributed by atoms with Crippen LogP contribution in [0.4, 0.5) is 0 Å². The minimum atomic E-state index is -4.97. The Kier molecular flexibility index (Phi) is 78.5. The number of aliphatic hydroxyl groups excluding tert-OH is 1. The van der Waals surface area contributed by atoms with Crippen molar-refractivity contribution in [3.63, 3.8) is 0 Å². The number of carbonyl (C=O) groups is 4. The molecule has 0 saturated heterocycles. The summed E-state index contributed by atoms with van der Waals surface area (Å²) >= 11 is 0. The van der Waals surface area contributed by atoms with Gasteiger partial charge in [0.2, 0.25) is 0 Å². The molecule has 0 aromatic rings. The lowest BCUT2D eigenvalue weighted by Crippen LogP contribution is -2.30. The smallest absolute Gasteiger partial charge is 0.462 e. The molecule has 0 amide bonds. The summed E-state index contributed by atoms with van der Waals surface area (Å²) in [5, 5.41) is 10.7. The van der Waals surface area contributed by atoms with E-state index in [9.17, 15) is 43.2 Å². The second-order valence-corrected chi connectivity index (χ2v) is 36.4. The lowest BCUT2D eigenvalue weighted by molar-refractivity contribution is -0.161. The lowest BCUT2D eigenvalue weighted by atomic mass is 9.99. The molecule has 0 heterocycles. The monoisotopic (exact) mass is 1590 g/mol. The Balaban J connectivity index is 5.18. The maximum absolute atomic E-state index is 13.2. The second-order valence-electron chi connectivity index (χ2n) is 33.5. The van der Waals surface area contributed by atoms with Gasteiger partial charge in [-0.2, -0.15) is 0 Å². The maximum atomic E-state index is 13.2. The number of esters is 4. The van der Waals surface area contributed by atoms with Crippen LogP contribution in [0.3, 0.4) is 0 Å². The van der Waals surface area contributed by atoms with Crippen LogP contribution in [0.1, 0.15) is 479 Å².